The van der Waals surface area contributed by atoms with Gasteiger partial charge in [-0.05, 0) is 19.8 Å². The lowest BCUT2D eigenvalue weighted by Gasteiger charge is -2.25. The second kappa shape index (κ2) is 5.22. The van der Waals surface area contributed by atoms with Crippen LogP contribution in [0, 0.1) is 5.92 Å². The zero-order chi connectivity index (χ0) is 9.68. The van der Waals surface area contributed by atoms with Crippen LogP contribution in [0.1, 0.15) is 39.0 Å². The van der Waals surface area contributed by atoms with Crippen molar-refractivity contribution in [2.45, 2.75) is 39.0 Å². The van der Waals surface area contributed by atoms with Crippen LogP contribution in [0.2, 0.25) is 0 Å². The van der Waals surface area contributed by atoms with Crippen LogP contribution >= 0.6 is 0 Å². The van der Waals surface area contributed by atoms with Crippen molar-refractivity contribution in [1.82, 2.24) is 5.06 Å². The summed E-state index contributed by atoms with van der Waals surface area (Å²) in [5, 5.41) is 1.40. The average molecular weight is 185 g/mol. The standard InChI is InChI=1S/C10H19NO2/c1-3-13-11(2)10(12)9-7-5-4-6-8-9/h9H,3-8H2,1-2H3. The Morgan fingerprint density at radius 3 is 2.54 bits per heavy atom. The van der Waals surface area contributed by atoms with Crippen LogP contribution < -0.4 is 0 Å². The molecule has 0 unspecified atom stereocenters. The van der Waals surface area contributed by atoms with E-state index in [2.05, 4.69) is 0 Å². The molecule has 1 aliphatic carbocycles. The molecule has 13 heavy (non-hydrogen) atoms. The number of hydrogen-bond acceptors (Lipinski definition) is 2. The van der Waals surface area contributed by atoms with Crippen LogP contribution in [-0.4, -0.2) is 24.6 Å². The van der Waals surface area contributed by atoms with Crippen LogP contribution in [0.15, 0.2) is 0 Å². The van der Waals surface area contributed by atoms with Crippen molar-refractivity contribution < 1.29 is 9.63 Å². The molecule has 1 amide bonds. The van der Waals surface area contributed by atoms with E-state index in [9.17, 15) is 4.79 Å². The fraction of sp³-hybridized carbons (Fsp3) is 0.900. The maximum atomic E-state index is 11.7. The van der Waals surface area contributed by atoms with E-state index < -0.39 is 0 Å². The molecule has 0 aromatic rings. The Morgan fingerprint density at radius 2 is 2.00 bits per heavy atom. The highest BCUT2D eigenvalue weighted by Crippen LogP contribution is 2.24. The normalized spacial score (nSPS) is 18.6. The minimum absolute atomic E-state index is 0.154. The SMILES string of the molecule is CCON(C)C(=O)C1CCCCC1. The number of carbonyl (C=O) groups excluding carboxylic acids is 1. The first kappa shape index (κ1) is 10.5. The van der Waals surface area contributed by atoms with Gasteiger partial charge in [0.25, 0.3) is 0 Å². The van der Waals surface area contributed by atoms with E-state index >= 15 is 0 Å². The summed E-state index contributed by atoms with van der Waals surface area (Å²) in [4.78, 5) is 16.8. The van der Waals surface area contributed by atoms with E-state index in [1.807, 2.05) is 6.92 Å². The van der Waals surface area contributed by atoms with Gasteiger partial charge >= 0.3 is 0 Å². The van der Waals surface area contributed by atoms with Crippen molar-refractivity contribution in [3.63, 3.8) is 0 Å². The van der Waals surface area contributed by atoms with Crippen LogP contribution in [0.25, 0.3) is 0 Å². The number of hydrogen-bond donors (Lipinski definition) is 0. The number of amides is 1. The van der Waals surface area contributed by atoms with E-state index in [1.165, 1.54) is 24.3 Å². The first-order valence-corrected chi connectivity index (χ1v) is 5.16. The fourth-order valence-corrected chi connectivity index (χ4v) is 1.86. The smallest absolute Gasteiger partial charge is 0.248 e. The highest BCUT2D eigenvalue weighted by Gasteiger charge is 2.24. The summed E-state index contributed by atoms with van der Waals surface area (Å²) in [7, 11) is 1.71. The van der Waals surface area contributed by atoms with Gasteiger partial charge in [-0.2, -0.15) is 0 Å². The summed E-state index contributed by atoms with van der Waals surface area (Å²) in [6, 6.07) is 0. The minimum Gasteiger partial charge on any atom is -0.272 e. The average Bonchev–Trinajstić information content (AvgIpc) is 2.18. The Hall–Kier alpha value is -0.570. The molecule has 0 radical (unpaired) electrons. The maximum absolute atomic E-state index is 11.7. The first-order valence-electron chi connectivity index (χ1n) is 5.16. The summed E-state index contributed by atoms with van der Waals surface area (Å²) in [6.07, 6.45) is 5.74. The quantitative estimate of drug-likeness (QED) is 0.629. The molecule has 0 bridgehead atoms. The number of rotatable bonds is 3. The zero-order valence-electron chi connectivity index (χ0n) is 8.58. The summed E-state index contributed by atoms with van der Waals surface area (Å²) in [6.45, 7) is 2.46. The van der Waals surface area contributed by atoms with Crippen molar-refractivity contribution in [2.75, 3.05) is 13.7 Å². The summed E-state index contributed by atoms with van der Waals surface area (Å²) < 4.78 is 0. The molecule has 0 aliphatic heterocycles. The largest absolute Gasteiger partial charge is 0.272 e. The molecule has 0 atom stereocenters. The molecular weight excluding hydrogens is 166 g/mol. The Kier molecular flexibility index (Phi) is 4.22. The molecule has 1 rings (SSSR count). The Morgan fingerprint density at radius 1 is 1.38 bits per heavy atom. The van der Waals surface area contributed by atoms with Crippen LogP contribution in [0.5, 0.6) is 0 Å². The highest BCUT2D eigenvalue weighted by atomic mass is 16.7. The van der Waals surface area contributed by atoms with Gasteiger partial charge in [-0.1, -0.05) is 19.3 Å². The molecule has 1 aliphatic rings. The first-order chi connectivity index (χ1) is 6.25. The molecule has 3 nitrogen and oxygen atoms in total. The molecule has 1 fully saturated rings. The van der Waals surface area contributed by atoms with E-state index in [4.69, 9.17) is 4.84 Å². The molecule has 0 aromatic heterocycles. The lowest BCUT2D eigenvalue weighted by molar-refractivity contribution is -0.182. The molecule has 0 N–H and O–H groups in total. The second-order valence-corrected chi connectivity index (χ2v) is 3.59. The van der Waals surface area contributed by atoms with Crippen LogP contribution in [0.3, 0.4) is 0 Å². The van der Waals surface area contributed by atoms with Crippen molar-refractivity contribution in [3.05, 3.63) is 0 Å². The van der Waals surface area contributed by atoms with Crippen LogP contribution in [0.4, 0.5) is 0 Å². The molecule has 3 heteroatoms. The molecular formula is C10H19NO2. The van der Waals surface area contributed by atoms with Crippen molar-refractivity contribution >= 4 is 5.91 Å². The van der Waals surface area contributed by atoms with Crippen LogP contribution in [-0.2, 0) is 9.63 Å². The van der Waals surface area contributed by atoms with Gasteiger partial charge in [0.05, 0.1) is 6.61 Å². The third-order valence-electron chi connectivity index (χ3n) is 2.59. The molecule has 76 valence electrons. The van der Waals surface area contributed by atoms with E-state index in [-0.39, 0.29) is 11.8 Å². The molecule has 1 saturated carbocycles. The van der Waals surface area contributed by atoms with Crippen molar-refractivity contribution in [2.24, 2.45) is 5.92 Å². The lowest BCUT2D eigenvalue weighted by Crippen LogP contribution is -2.34. The van der Waals surface area contributed by atoms with E-state index in [0.29, 0.717) is 6.61 Å². The Balaban J connectivity index is 2.36. The highest BCUT2D eigenvalue weighted by molar-refractivity contribution is 5.77. The van der Waals surface area contributed by atoms with E-state index in [1.54, 1.807) is 7.05 Å². The van der Waals surface area contributed by atoms with Crippen molar-refractivity contribution in [1.29, 1.82) is 0 Å². The van der Waals surface area contributed by atoms with Gasteiger partial charge in [0, 0.05) is 13.0 Å². The summed E-state index contributed by atoms with van der Waals surface area (Å²) in [5.74, 6) is 0.367. The third kappa shape index (κ3) is 2.99. The predicted octanol–water partition coefficient (Wildman–Crippen LogP) is 1.98. The molecule has 0 aromatic carbocycles. The number of nitrogens with zero attached hydrogens (tertiary/aromatic N) is 1. The molecule has 0 heterocycles. The van der Waals surface area contributed by atoms with Gasteiger partial charge in [-0.3, -0.25) is 9.63 Å². The summed E-state index contributed by atoms with van der Waals surface area (Å²) >= 11 is 0. The minimum atomic E-state index is 0.154. The van der Waals surface area contributed by atoms with Gasteiger partial charge < -0.3 is 0 Å². The molecule has 0 saturated heterocycles. The summed E-state index contributed by atoms with van der Waals surface area (Å²) in [5.41, 5.74) is 0. The topological polar surface area (TPSA) is 29.5 Å². The third-order valence-corrected chi connectivity index (χ3v) is 2.59. The zero-order valence-corrected chi connectivity index (χ0v) is 8.58. The number of carbonyl (C=O) groups is 1. The van der Waals surface area contributed by atoms with Gasteiger partial charge in [0.2, 0.25) is 5.91 Å². The predicted molar refractivity (Wildman–Crippen MR) is 51.0 cm³/mol. The lowest BCUT2D eigenvalue weighted by atomic mass is 9.89. The van der Waals surface area contributed by atoms with Crippen molar-refractivity contribution in [3.8, 4) is 0 Å². The Labute approximate surface area is 80.0 Å². The second-order valence-electron chi connectivity index (χ2n) is 3.59. The van der Waals surface area contributed by atoms with Gasteiger partial charge in [-0.25, -0.2) is 5.06 Å². The number of hydroxylamine groups is 2. The van der Waals surface area contributed by atoms with Gasteiger partial charge in [0.1, 0.15) is 0 Å². The fourth-order valence-electron chi connectivity index (χ4n) is 1.86. The van der Waals surface area contributed by atoms with Gasteiger partial charge in [0.15, 0.2) is 0 Å². The van der Waals surface area contributed by atoms with Gasteiger partial charge in [-0.15, -0.1) is 0 Å². The Bertz CT molecular complexity index is 164. The monoisotopic (exact) mass is 185 g/mol. The molecule has 0 spiro atoms. The maximum Gasteiger partial charge on any atom is 0.248 e. The van der Waals surface area contributed by atoms with E-state index in [0.717, 1.165) is 12.8 Å².